The van der Waals surface area contributed by atoms with Gasteiger partial charge in [0.05, 0.1) is 34.6 Å². The van der Waals surface area contributed by atoms with Gasteiger partial charge in [-0.25, -0.2) is 4.98 Å². The van der Waals surface area contributed by atoms with Crippen molar-refractivity contribution in [3.05, 3.63) is 59.0 Å². The molecule has 0 amide bonds. The standard InChI is InChI=1S/C27H30ClN7OS/c1-17-15-32-27(35(17)4)37-25-8-7-19(11-21(25)28)33-26-18(14-29)16-31-22-13-23(24(36-5)12-20(22)26)30-9-6-10-34(2)3/h7-8,11-13,15-16,30H,6,9-10H2,1-5H3,(H,31,33). The van der Waals surface area contributed by atoms with Gasteiger partial charge in [-0.1, -0.05) is 23.4 Å². The summed E-state index contributed by atoms with van der Waals surface area (Å²) in [6, 6.07) is 11.9. The lowest BCUT2D eigenvalue weighted by Gasteiger charge is -2.17. The molecular weight excluding hydrogens is 506 g/mol. The van der Waals surface area contributed by atoms with Crippen LogP contribution in [0.3, 0.4) is 0 Å². The SMILES string of the molecule is COc1cc2c(Nc3ccc(Sc4ncc(C)n4C)c(Cl)c3)c(C#N)cnc2cc1NCCCN(C)C. The van der Waals surface area contributed by atoms with Crippen LogP contribution in [0.25, 0.3) is 10.9 Å². The van der Waals surface area contributed by atoms with Crippen LogP contribution < -0.4 is 15.4 Å². The van der Waals surface area contributed by atoms with E-state index in [2.05, 4.69) is 45.7 Å². The fourth-order valence-corrected chi connectivity index (χ4v) is 5.01. The van der Waals surface area contributed by atoms with Crippen molar-refractivity contribution in [3.8, 4) is 11.8 Å². The number of methoxy groups -OCH3 is 1. The molecule has 8 nitrogen and oxygen atoms in total. The molecule has 10 heteroatoms. The number of rotatable bonds is 10. The number of benzene rings is 2. The number of pyridine rings is 1. The highest BCUT2D eigenvalue weighted by atomic mass is 35.5. The molecule has 4 rings (SSSR count). The maximum absolute atomic E-state index is 9.80. The summed E-state index contributed by atoms with van der Waals surface area (Å²) in [4.78, 5) is 12.0. The first-order valence-corrected chi connectivity index (χ1v) is 13.0. The van der Waals surface area contributed by atoms with Crippen LogP contribution >= 0.6 is 23.4 Å². The molecule has 37 heavy (non-hydrogen) atoms. The summed E-state index contributed by atoms with van der Waals surface area (Å²) in [5.74, 6) is 0.687. The Bertz CT molecular complexity index is 1460. The van der Waals surface area contributed by atoms with Crippen LogP contribution in [0.5, 0.6) is 5.75 Å². The average Bonchev–Trinajstić information content (AvgIpc) is 3.20. The maximum Gasteiger partial charge on any atom is 0.172 e. The monoisotopic (exact) mass is 535 g/mol. The Kier molecular flexibility index (Phi) is 8.44. The maximum atomic E-state index is 9.80. The Morgan fingerprint density at radius 1 is 1.19 bits per heavy atom. The number of halogens is 1. The van der Waals surface area contributed by atoms with Gasteiger partial charge in [-0.3, -0.25) is 4.98 Å². The van der Waals surface area contributed by atoms with Crippen LogP contribution in [0.2, 0.25) is 5.02 Å². The first-order valence-electron chi connectivity index (χ1n) is 11.8. The molecular formula is C27H30ClN7OS. The van der Waals surface area contributed by atoms with Gasteiger partial charge in [0.2, 0.25) is 0 Å². The number of nitrogens with one attached hydrogen (secondary N) is 2. The van der Waals surface area contributed by atoms with Gasteiger partial charge in [0, 0.05) is 47.6 Å². The van der Waals surface area contributed by atoms with Crippen LogP contribution in [0.4, 0.5) is 17.1 Å². The number of fused-ring (bicyclic) bond motifs is 1. The Morgan fingerprint density at radius 2 is 2.00 bits per heavy atom. The summed E-state index contributed by atoms with van der Waals surface area (Å²) in [6.07, 6.45) is 4.42. The molecule has 0 fully saturated rings. The van der Waals surface area contributed by atoms with Crippen molar-refractivity contribution in [1.29, 1.82) is 5.26 Å². The summed E-state index contributed by atoms with van der Waals surface area (Å²) in [7, 11) is 7.73. The predicted octanol–water partition coefficient (Wildman–Crippen LogP) is 6.07. The van der Waals surface area contributed by atoms with E-state index in [1.165, 1.54) is 11.8 Å². The van der Waals surface area contributed by atoms with Crippen molar-refractivity contribution in [2.75, 3.05) is 44.9 Å². The summed E-state index contributed by atoms with van der Waals surface area (Å²) < 4.78 is 7.69. The first kappa shape index (κ1) is 26.6. The van der Waals surface area contributed by atoms with Crippen LogP contribution in [-0.2, 0) is 7.05 Å². The molecule has 0 unspecified atom stereocenters. The summed E-state index contributed by atoms with van der Waals surface area (Å²) in [6.45, 7) is 3.81. The minimum Gasteiger partial charge on any atom is -0.495 e. The third kappa shape index (κ3) is 6.10. The second kappa shape index (κ2) is 11.7. The lowest BCUT2D eigenvalue weighted by Crippen LogP contribution is -2.16. The number of nitriles is 1. The van der Waals surface area contributed by atoms with Crippen LogP contribution in [0, 0.1) is 18.3 Å². The van der Waals surface area contributed by atoms with E-state index >= 15 is 0 Å². The minimum atomic E-state index is 0.430. The van der Waals surface area contributed by atoms with Crippen molar-refractivity contribution in [1.82, 2.24) is 19.4 Å². The van der Waals surface area contributed by atoms with Gasteiger partial charge in [-0.2, -0.15) is 5.26 Å². The largest absolute Gasteiger partial charge is 0.495 e. The lowest BCUT2D eigenvalue weighted by atomic mass is 10.1. The van der Waals surface area contributed by atoms with Crippen molar-refractivity contribution >= 4 is 51.3 Å². The molecule has 0 aliphatic rings. The molecule has 0 spiro atoms. The zero-order valence-corrected chi connectivity index (χ0v) is 23.2. The molecule has 0 radical (unpaired) electrons. The molecule has 2 N–H and O–H groups in total. The highest BCUT2D eigenvalue weighted by Crippen LogP contribution is 2.38. The van der Waals surface area contributed by atoms with E-state index in [9.17, 15) is 5.26 Å². The highest BCUT2D eigenvalue weighted by molar-refractivity contribution is 7.99. The van der Waals surface area contributed by atoms with Crippen molar-refractivity contribution in [2.24, 2.45) is 7.05 Å². The first-order chi connectivity index (χ1) is 17.8. The molecule has 192 valence electrons. The number of aryl methyl sites for hydroxylation is 1. The fraction of sp³-hybridized carbons (Fsp3) is 0.296. The number of hydrogen-bond acceptors (Lipinski definition) is 8. The number of hydrogen-bond donors (Lipinski definition) is 2. The molecule has 0 bridgehead atoms. The third-order valence-corrected chi connectivity index (χ3v) is 7.55. The normalized spacial score (nSPS) is 11.1. The summed E-state index contributed by atoms with van der Waals surface area (Å²) in [5, 5.41) is 18.9. The second-order valence-electron chi connectivity index (χ2n) is 8.93. The Morgan fingerprint density at radius 3 is 2.65 bits per heavy atom. The molecule has 0 aliphatic carbocycles. The zero-order valence-electron chi connectivity index (χ0n) is 21.6. The van der Waals surface area contributed by atoms with Crippen molar-refractivity contribution in [3.63, 3.8) is 0 Å². The number of nitrogens with zero attached hydrogens (tertiary/aromatic N) is 5. The van der Waals surface area contributed by atoms with Gasteiger partial charge in [-0.05, 0) is 64.3 Å². The van der Waals surface area contributed by atoms with Gasteiger partial charge >= 0.3 is 0 Å². The quantitative estimate of drug-likeness (QED) is 0.236. The zero-order chi connectivity index (χ0) is 26.5. The minimum absolute atomic E-state index is 0.430. The average molecular weight is 536 g/mol. The number of ether oxygens (including phenoxy) is 1. The van der Waals surface area contributed by atoms with E-state index < -0.39 is 0 Å². The van der Waals surface area contributed by atoms with E-state index in [1.54, 1.807) is 13.3 Å². The molecule has 2 heterocycles. The topological polar surface area (TPSA) is 91.0 Å². The Labute approximate surface area is 226 Å². The van der Waals surface area contributed by atoms with Crippen LogP contribution in [0.1, 0.15) is 17.7 Å². The number of imidazole rings is 1. The van der Waals surface area contributed by atoms with Crippen molar-refractivity contribution in [2.45, 2.75) is 23.4 Å². The Hall–Kier alpha value is -3.45. The van der Waals surface area contributed by atoms with Gasteiger partial charge < -0.3 is 24.8 Å². The van der Waals surface area contributed by atoms with Gasteiger partial charge in [-0.15, -0.1) is 0 Å². The van der Waals surface area contributed by atoms with Crippen molar-refractivity contribution < 1.29 is 4.74 Å². The van der Waals surface area contributed by atoms with Gasteiger partial charge in [0.25, 0.3) is 0 Å². The molecule has 0 saturated carbocycles. The highest BCUT2D eigenvalue weighted by Gasteiger charge is 2.15. The van der Waals surface area contributed by atoms with E-state index in [0.29, 0.717) is 22.0 Å². The summed E-state index contributed by atoms with van der Waals surface area (Å²) in [5.41, 5.74) is 4.54. The van der Waals surface area contributed by atoms with Gasteiger partial charge in [0.15, 0.2) is 5.16 Å². The third-order valence-electron chi connectivity index (χ3n) is 5.99. The number of aromatic nitrogens is 3. The molecule has 2 aromatic heterocycles. The summed E-state index contributed by atoms with van der Waals surface area (Å²) >= 11 is 8.14. The second-order valence-corrected chi connectivity index (χ2v) is 10.3. The van der Waals surface area contributed by atoms with Crippen LogP contribution in [0.15, 0.2) is 52.8 Å². The lowest BCUT2D eigenvalue weighted by molar-refractivity contribution is 0.404. The van der Waals surface area contributed by atoms with Gasteiger partial charge in [0.1, 0.15) is 11.8 Å². The molecule has 0 atom stereocenters. The van der Waals surface area contributed by atoms with E-state index in [0.717, 1.165) is 57.5 Å². The molecule has 4 aromatic rings. The van der Waals surface area contributed by atoms with E-state index in [4.69, 9.17) is 16.3 Å². The van der Waals surface area contributed by atoms with E-state index in [-0.39, 0.29) is 0 Å². The molecule has 2 aromatic carbocycles. The van der Waals surface area contributed by atoms with Crippen LogP contribution in [-0.4, -0.2) is 53.7 Å². The molecule has 0 aliphatic heterocycles. The molecule has 0 saturated heterocycles. The smallest absolute Gasteiger partial charge is 0.172 e. The number of anilines is 3. The predicted molar refractivity (Wildman–Crippen MR) is 151 cm³/mol. The van der Waals surface area contributed by atoms with E-state index in [1.807, 2.05) is 55.1 Å². The fourth-order valence-electron chi connectivity index (χ4n) is 3.84. The Balaban J connectivity index is 1.63.